The Balaban J connectivity index is 2.21. The molecule has 1 aromatic carbocycles. The molecule has 0 N–H and O–H groups in total. The van der Waals surface area contributed by atoms with Crippen molar-refractivity contribution in [3.05, 3.63) is 46.3 Å². The molecule has 2 heterocycles. The lowest BCUT2D eigenvalue weighted by atomic mass is 10.0. The number of terminal acetylenes is 1. The van der Waals surface area contributed by atoms with E-state index >= 15 is 0 Å². The van der Waals surface area contributed by atoms with Crippen LogP contribution in [0.25, 0.3) is 0 Å². The number of carbonyl (C=O) groups is 1. The third-order valence-electron chi connectivity index (χ3n) is 3.66. The SMILES string of the molecule is C#CCN1C(=O)C=NC(c2ccccc2Cl)c2noc(CC)c21. The minimum Gasteiger partial charge on any atom is -0.359 e. The zero-order chi connectivity index (χ0) is 16.4. The number of nitrogens with zero attached hydrogens (tertiary/aromatic N) is 3. The summed E-state index contributed by atoms with van der Waals surface area (Å²) >= 11 is 6.29. The summed E-state index contributed by atoms with van der Waals surface area (Å²) in [7, 11) is 0. The fourth-order valence-electron chi connectivity index (χ4n) is 2.60. The van der Waals surface area contributed by atoms with E-state index in [1.54, 1.807) is 6.07 Å². The molecule has 0 bridgehead atoms. The molecule has 5 nitrogen and oxygen atoms in total. The molecule has 1 aliphatic heterocycles. The highest BCUT2D eigenvalue weighted by atomic mass is 35.5. The summed E-state index contributed by atoms with van der Waals surface area (Å²) in [4.78, 5) is 18.2. The molecule has 0 aliphatic carbocycles. The number of rotatable bonds is 3. The van der Waals surface area contributed by atoms with E-state index in [1.807, 2.05) is 25.1 Å². The van der Waals surface area contributed by atoms with Crippen LogP contribution < -0.4 is 4.90 Å². The van der Waals surface area contributed by atoms with Crippen molar-refractivity contribution >= 4 is 29.4 Å². The maximum absolute atomic E-state index is 12.4. The summed E-state index contributed by atoms with van der Waals surface area (Å²) in [5.41, 5.74) is 1.91. The predicted molar refractivity (Wildman–Crippen MR) is 88.9 cm³/mol. The monoisotopic (exact) mass is 327 g/mol. The van der Waals surface area contributed by atoms with Gasteiger partial charge in [0.1, 0.15) is 17.4 Å². The Morgan fingerprint density at radius 2 is 2.22 bits per heavy atom. The highest BCUT2D eigenvalue weighted by molar-refractivity contribution is 6.34. The fraction of sp³-hybridized carbons (Fsp3) is 0.235. The molecular weight excluding hydrogens is 314 g/mol. The average molecular weight is 328 g/mol. The first kappa shape index (κ1) is 15.3. The molecule has 0 radical (unpaired) electrons. The minimum atomic E-state index is -0.505. The van der Waals surface area contributed by atoms with Gasteiger partial charge in [0.2, 0.25) is 0 Å². The van der Waals surface area contributed by atoms with E-state index < -0.39 is 6.04 Å². The molecule has 1 atom stereocenters. The minimum absolute atomic E-state index is 0.126. The van der Waals surface area contributed by atoms with Gasteiger partial charge in [-0.25, -0.2) is 0 Å². The van der Waals surface area contributed by atoms with Crippen LogP contribution in [0.5, 0.6) is 0 Å². The molecule has 116 valence electrons. The van der Waals surface area contributed by atoms with Gasteiger partial charge in [-0.2, -0.15) is 0 Å². The highest BCUT2D eigenvalue weighted by Crippen LogP contribution is 2.39. The zero-order valence-electron chi connectivity index (χ0n) is 12.5. The Morgan fingerprint density at radius 3 is 2.91 bits per heavy atom. The van der Waals surface area contributed by atoms with E-state index in [-0.39, 0.29) is 12.5 Å². The quantitative estimate of drug-likeness (QED) is 0.814. The van der Waals surface area contributed by atoms with Crippen LogP contribution in [-0.2, 0) is 11.2 Å². The van der Waals surface area contributed by atoms with Gasteiger partial charge in [0.05, 0.1) is 12.8 Å². The van der Waals surface area contributed by atoms with Crippen LogP contribution in [0.2, 0.25) is 5.02 Å². The first-order valence-electron chi connectivity index (χ1n) is 7.18. The van der Waals surface area contributed by atoms with Crippen molar-refractivity contribution in [3.63, 3.8) is 0 Å². The number of aliphatic imine (C=N–C) groups is 1. The second kappa shape index (κ2) is 6.27. The molecule has 1 aliphatic rings. The van der Waals surface area contributed by atoms with E-state index in [0.29, 0.717) is 28.6 Å². The highest BCUT2D eigenvalue weighted by Gasteiger charge is 2.33. The number of aromatic nitrogens is 1. The lowest BCUT2D eigenvalue weighted by molar-refractivity contribution is -0.112. The number of fused-ring (bicyclic) bond motifs is 1. The number of hydrogen-bond donors (Lipinski definition) is 0. The molecule has 2 aromatic rings. The van der Waals surface area contributed by atoms with Gasteiger partial charge in [-0.05, 0) is 6.07 Å². The largest absolute Gasteiger partial charge is 0.359 e. The van der Waals surface area contributed by atoms with E-state index in [4.69, 9.17) is 22.5 Å². The fourth-order valence-corrected chi connectivity index (χ4v) is 2.83. The summed E-state index contributed by atoms with van der Waals surface area (Å²) in [6.45, 7) is 2.05. The summed E-state index contributed by atoms with van der Waals surface area (Å²) in [5.74, 6) is 2.80. The van der Waals surface area contributed by atoms with Crippen molar-refractivity contribution in [2.24, 2.45) is 4.99 Å². The van der Waals surface area contributed by atoms with E-state index in [9.17, 15) is 4.79 Å². The Bertz CT molecular complexity index is 819. The van der Waals surface area contributed by atoms with E-state index in [1.165, 1.54) is 11.1 Å². The smallest absolute Gasteiger partial charge is 0.270 e. The van der Waals surface area contributed by atoms with Gasteiger partial charge in [0.15, 0.2) is 5.76 Å². The maximum atomic E-state index is 12.4. The second-order valence-electron chi connectivity index (χ2n) is 5.02. The first-order chi connectivity index (χ1) is 11.2. The number of halogens is 1. The van der Waals surface area contributed by atoms with Crippen LogP contribution in [0, 0.1) is 12.3 Å². The third kappa shape index (κ3) is 2.62. The van der Waals surface area contributed by atoms with Gasteiger partial charge in [0, 0.05) is 17.0 Å². The number of amides is 1. The molecule has 0 spiro atoms. The first-order valence-corrected chi connectivity index (χ1v) is 7.56. The van der Waals surface area contributed by atoms with Crippen molar-refractivity contribution in [1.29, 1.82) is 0 Å². The topological polar surface area (TPSA) is 58.7 Å². The molecule has 1 amide bonds. The molecule has 0 saturated heterocycles. The van der Waals surface area contributed by atoms with Crippen molar-refractivity contribution in [2.75, 3.05) is 11.4 Å². The standard InChI is InChI=1S/C17H14ClN3O2/c1-3-9-21-14(22)10-19-15(11-7-5-6-8-12(11)18)16-17(21)13(4-2)23-20-16/h1,5-8,10,15H,4,9H2,2H3. The third-order valence-corrected chi connectivity index (χ3v) is 4.00. The molecule has 1 unspecified atom stereocenters. The van der Waals surface area contributed by atoms with Crippen LogP contribution >= 0.6 is 11.6 Å². The number of hydrogen-bond acceptors (Lipinski definition) is 4. The number of carbonyl (C=O) groups excluding carboxylic acids is 1. The molecule has 6 heteroatoms. The normalized spacial score (nSPS) is 16.8. The van der Waals surface area contributed by atoms with Gasteiger partial charge in [-0.3, -0.25) is 14.7 Å². The zero-order valence-corrected chi connectivity index (χ0v) is 13.2. The van der Waals surface area contributed by atoms with Crippen LogP contribution in [0.15, 0.2) is 33.8 Å². The number of anilines is 1. The lowest BCUT2D eigenvalue weighted by Gasteiger charge is -2.18. The Kier molecular flexibility index (Phi) is 4.18. The Morgan fingerprint density at radius 1 is 1.43 bits per heavy atom. The Labute approximate surface area is 138 Å². The average Bonchev–Trinajstić information content (AvgIpc) is 2.92. The Hall–Kier alpha value is -2.58. The van der Waals surface area contributed by atoms with E-state index in [2.05, 4.69) is 16.1 Å². The van der Waals surface area contributed by atoms with Gasteiger partial charge < -0.3 is 4.52 Å². The summed E-state index contributed by atoms with van der Waals surface area (Å²) in [6.07, 6.45) is 7.26. The summed E-state index contributed by atoms with van der Waals surface area (Å²) in [6, 6.07) is 6.83. The molecule has 3 rings (SSSR count). The molecule has 0 fully saturated rings. The summed E-state index contributed by atoms with van der Waals surface area (Å²) in [5, 5.41) is 4.70. The molecule has 1 aromatic heterocycles. The van der Waals surface area contributed by atoms with Crippen molar-refractivity contribution in [1.82, 2.24) is 5.16 Å². The second-order valence-corrected chi connectivity index (χ2v) is 5.43. The van der Waals surface area contributed by atoms with Crippen molar-refractivity contribution in [2.45, 2.75) is 19.4 Å². The van der Waals surface area contributed by atoms with Crippen LogP contribution in [0.1, 0.15) is 30.0 Å². The van der Waals surface area contributed by atoms with Crippen molar-refractivity contribution < 1.29 is 9.32 Å². The van der Waals surface area contributed by atoms with Crippen LogP contribution in [-0.4, -0.2) is 23.8 Å². The van der Waals surface area contributed by atoms with Crippen LogP contribution in [0.3, 0.4) is 0 Å². The van der Waals surface area contributed by atoms with Gasteiger partial charge in [-0.1, -0.05) is 47.8 Å². The van der Waals surface area contributed by atoms with Crippen LogP contribution in [0.4, 0.5) is 5.69 Å². The van der Waals surface area contributed by atoms with Gasteiger partial charge >= 0.3 is 0 Å². The lowest BCUT2D eigenvalue weighted by Crippen LogP contribution is -2.32. The van der Waals surface area contributed by atoms with E-state index in [0.717, 1.165) is 5.56 Å². The maximum Gasteiger partial charge on any atom is 0.270 e. The van der Waals surface area contributed by atoms with Gasteiger partial charge in [0.25, 0.3) is 5.91 Å². The predicted octanol–water partition coefficient (Wildman–Crippen LogP) is 3.03. The van der Waals surface area contributed by atoms with Gasteiger partial charge in [-0.15, -0.1) is 6.42 Å². The molecule has 23 heavy (non-hydrogen) atoms. The van der Waals surface area contributed by atoms with Crippen molar-refractivity contribution in [3.8, 4) is 12.3 Å². The molecular formula is C17H14ClN3O2. The summed E-state index contributed by atoms with van der Waals surface area (Å²) < 4.78 is 5.41. The number of aryl methyl sites for hydroxylation is 1. The number of benzene rings is 1. The molecule has 0 saturated carbocycles.